The zero-order valence-corrected chi connectivity index (χ0v) is 13.2. The summed E-state index contributed by atoms with van der Waals surface area (Å²) in [6.07, 6.45) is 0.945. The van der Waals surface area contributed by atoms with Gasteiger partial charge in [0.1, 0.15) is 5.75 Å². The number of nitrogens with one attached hydrogen (secondary N) is 2. The number of carbonyl (C=O) groups excluding carboxylic acids is 1. The van der Waals surface area contributed by atoms with Gasteiger partial charge < -0.3 is 15.4 Å². The molecule has 2 rings (SSSR count). The molecule has 0 atom stereocenters. The van der Waals surface area contributed by atoms with Crippen molar-refractivity contribution in [2.24, 2.45) is 0 Å². The lowest BCUT2D eigenvalue weighted by atomic mass is 10.3. The standard InChI is InChI=1S/C17H19ClN2O2/c1-2-9-22-16-8-4-7-15(11-16)20-17(21)12-19-14-6-3-5-13(18)10-14/h3-8,10-11,19H,2,9,12H2,1H3,(H,20,21). The van der Waals surface area contributed by atoms with E-state index in [1.54, 1.807) is 12.1 Å². The summed E-state index contributed by atoms with van der Waals surface area (Å²) >= 11 is 5.89. The lowest BCUT2D eigenvalue weighted by Gasteiger charge is -2.10. The summed E-state index contributed by atoms with van der Waals surface area (Å²) in [6, 6.07) is 14.6. The minimum absolute atomic E-state index is 0.132. The summed E-state index contributed by atoms with van der Waals surface area (Å²) in [5.74, 6) is 0.620. The van der Waals surface area contributed by atoms with Gasteiger partial charge in [-0.25, -0.2) is 0 Å². The molecule has 0 bridgehead atoms. The molecule has 4 nitrogen and oxygen atoms in total. The predicted molar refractivity (Wildman–Crippen MR) is 90.8 cm³/mol. The first-order valence-corrected chi connectivity index (χ1v) is 7.57. The quantitative estimate of drug-likeness (QED) is 0.805. The van der Waals surface area contributed by atoms with Gasteiger partial charge in [-0.3, -0.25) is 4.79 Å². The summed E-state index contributed by atoms with van der Waals surface area (Å²) in [4.78, 5) is 11.9. The molecule has 0 heterocycles. The van der Waals surface area contributed by atoms with Gasteiger partial charge in [0.2, 0.25) is 5.91 Å². The first-order valence-electron chi connectivity index (χ1n) is 7.19. The van der Waals surface area contributed by atoms with E-state index in [1.807, 2.05) is 43.3 Å². The van der Waals surface area contributed by atoms with Gasteiger partial charge >= 0.3 is 0 Å². The number of hydrogen-bond donors (Lipinski definition) is 2. The van der Waals surface area contributed by atoms with Crippen molar-refractivity contribution in [3.63, 3.8) is 0 Å². The Kier molecular flexibility index (Phi) is 6.10. The fraction of sp³-hybridized carbons (Fsp3) is 0.235. The van der Waals surface area contributed by atoms with Crippen molar-refractivity contribution in [3.8, 4) is 5.75 Å². The van der Waals surface area contributed by atoms with Crippen LogP contribution in [-0.4, -0.2) is 19.1 Å². The van der Waals surface area contributed by atoms with Crippen LogP contribution in [-0.2, 0) is 4.79 Å². The second-order valence-electron chi connectivity index (χ2n) is 4.79. The molecular weight excluding hydrogens is 300 g/mol. The summed E-state index contributed by atoms with van der Waals surface area (Å²) in [5.41, 5.74) is 1.52. The van der Waals surface area contributed by atoms with Crippen molar-refractivity contribution in [3.05, 3.63) is 53.6 Å². The van der Waals surface area contributed by atoms with E-state index in [0.717, 1.165) is 17.9 Å². The van der Waals surface area contributed by atoms with Crippen molar-refractivity contribution in [2.45, 2.75) is 13.3 Å². The number of amides is 1. The summed E-state index contributed by atoms with van der Waals surface area (Å²) in [5, 5.41) is 6.49. The molecule has 2 aromatic rings. The van der Waals surface area contributed by atoms with Crippen LogP contribution < -0.4 is 15.4 Å². The van der Waals surface area contributed by atoms with E-state index in [1.165, 1.54) is 0 Å². The van der Waals surface area contributed by atoms with Crippen LogP contribution in [0.5, 0.6) is 5.75 Å². The molecule has 0 saturated heterocycles. The van der Waals surface area contributed by atoms with Crippen LogP contribution >= 0.6 is 11.6 Å². The van der Waals surface area contributed by atoms with Gasteiger partial charge in [0.15, 0.2) is 0 Å². The molecule has 22 heavy (non-hydrogen) atoms. The normalized spacial score (nSPS) is 10.1. The second-order valence-corrected chi connectivity index (χ2v) is 5.22. The van der Waals surface area contributed by atoms with E-state index in [2.05, 4.69) is 10.6 Å². The van der Waals surface area contributed by atoms with Crippen LogP contribution in [0.4, 0.5) is 11.4 Å². The van der Waals surface area contributed by atoms with Crippen molar-refractivity contribution in [2.75, 3.05) is 23.8 Å². The highest BCUT2D eigenvalue weighted by Gasteiger charge is 2.04. The van der Waals surface area contributed by atoms with Crippen LogP contribution in [0, 0.1) is 0 Å². The summed E-state index contributed by atoms with van der Waals surface area (Å²) < 4.78 is 5.54. The number of ether oxygens (including phenoxy) is 1. The average molecular weight is 319 g/mol. The highest BCUT2D eigenvalue weighted by Crippen LogP contribution is 2.18. The lowest BCUT2D eigenvalue weighted by molar-refractivity contribution is -0.114. The van der Waals surface area contributed by atoms with E-state index in [4.69, 9.17) is 16.3 Å². The van der Waals surface area contributed by atoms with Crippen LogP contribution in [0.3, 0.4) is 0 Å². The maximum Gasteiger partial charge on any atom is 0.243 e. The molecule has 0 spiro atoms. The largest absolute Gasteiger partial charge is 0.494 e. The van der Waals surface area contributed by atoms with Gasteiger partial charge in [-0.2, -0.15) is 0 Å². The number of rotatable bonds is 7. The molecule has 0 saturated carbocycles. The number of hydrogen-bond acceptors (Lipinski definition) is 3. The first-order chi connectivity index (χ1) is 10.7. The molecule has 0 radical (unpaired) electrons. The van der Waals surface area contributed by atoms with Gasteiger partial charge in [-0.05, 0) is 36.8 Å². The van der Waals surface area contributed by atoms with Crippen LogP contribution in [0.1, 0.15) is 13.3 Å². The molecule has 0 aliphatic rings. The predicted octanol–water partition coefficient (Wildman–Crippen LogP) is 4.18. The SMILES string of the molecule is CCCOc1cccc(NC(=O)CNc2cccc(Cl)c2)c1. The van der Waals surface area contributed by atoms with E-state index in [9.17, 15) is 4.79 Å². The van der Waals surface area contributed by atoms with Gasteiger partial charge in [0.05, 0.1) is 13.2 Å². The Hall–Kier alpha value is -2.20. The number of anilines is 2. The monoisotopic (exact) mass is 318 g/mol. The molecule has 0 aliphatic heterocycles. The molecule has 0 aromatic heterocycles. The van der Waals surface area contributed by atoms with Gasteiger partial charge in [0.25, 0.3) is 0 Å². The molecule has 0 unspecified atom stereocenters. The van der Waals surface area contributed by atoms with Crippen LogP contribution in [0.25, 0.3) is 0 Å². The minimum atomic E-state index is -0.132. The van der Waals surface area contributed by atoms with Crippen molar-refractivity contribution < 1.29 is 9.53 Å². The average Bonchev–Trinajstić information content (AvgIpc) is 2.51. The molecule has 1 amide bonds. The second kappa shape index (κ2) is 8.29. The fourth-order valence-corrected chi connectivity index (χ4v) is 2.06. The third kappa shape index (κ3) is 5.30. The highest BCUT2D eigenvalue weighted by molar-refractivity contribution is 6.30. The third-order valence-electron chi connectivity index (χ3n) is 2.87. The van der Waals surface area contributed by atoms with Crippen molar-refractivity contribution >= 4 is 28.9 Å². The fourth-order valence-electron chi connectivity index (χ4n) is 1.87. The lowest BCUT2D eigenvalue weighted by Crippen LogP contribution is -2.21. The Bertz CT molecular complexity index is 632. The van der Waals surface area contributed by atoms with E-state index < -0.39 is 0 Å². The number of halogens is 1. The van der Waals surface area contributed by atoms with Gasteiger partial charge in [-0.15, -0.1) is 0 Å². The minimum Gasteiger partial charge on any atom is -0.494 e. The van der Waals surface area contributed by atoms with Crippen molar-refractivity contribution in [1.29, 1.82) is 0 Å². The van der Waals surface area contributed by atoms with E-state index in [0.29, 0.717) is 17.3 Å². The van der Waals surface area contributed by atoms with Crippen LogP contribution in [0.15, 0.2) is 48.5 Å². The van der Waals surface area contributed by atoms with E-state index >= 15 is 0 Å². The van der Waals surface area contributed by atoms with Crippen molar-refractivity contribution in [1.82, 2.24) is 0 Å². The number of carbonyl (C=O) groups is 1. The Balaban J connectivity index is 1.86. The van der Waals surface area contributed by atoms with Gasteiger partial charge in [-0.1, -0.05) is 30.7 Å². The molecule has 2 N–H and O–H groups in total. The molecule has 0 fully saturated rings. The Labute approximate surface area is 135 Å². The molecular formula is C17H19ClN2O2. The van der Waals surface area contributed by atoms with E-state index in [-0.39, 0.29) is 12.5 Å². The van der Waals surface area contributed by atoms with Crippen LogP contribution in [0.2, 0.25) is 5.02 Å². The molecule has 5 heteroatoms. The smallest absolute Gasteiger partial charge is 0.243 e. The Morgan fingerprint density at radius 2 is 1.91 bits per heavy atom. The summed E-state index contributed by atoms with van der Waals surface area (Å²) in [7, 11) is 0. The van der Waals surface area contributed by atoms with Gasteiger partial charge in [0, 0.05) is 22.5 Å². The maximum absolute atomic E-state index is 11.9. The molecule has 2 aromatic carbocycles. The molecule has 116 valence electrons. The third-order valence-corrected chi connectivity index (χ3v) is 3.10. The zero-order chi connectivity index (χ0) is 15.8. The molecule has 0 aliphatic carbocycles. The topological polar surface area (TPSA) is 50.4 Å². The zero-order valence-electron chi connectivity index (χ0n) is 12.4. The maximum atomic E-state index is 11.9. The summed E-state index contributed by atoms with van der Waals surface area (Å²) in [6.45, 7) is 2.88. The Morgan fingerprint density at radius 1 is 1.14 bits per heavy atom. The highest BCUT2D eigenvalue weighted by atomic mass is 35.5. The number of benzene rings is 2. The first kappa shape index (κ1) is 16.2. The Morgan fingerprint density at radius 3 is 2.68 bits per heavy atom.